The molecule has 1 aromatic carbocycles. The number of fused-ring (bicyclic) bond motifs is 3. The third-order valence-corrected chi connectivity index (χ3v) is 10.9. The van der Waals surface area contributed by atoms with E-state index in [1.807, 2.05) is 44.1 Å². The van der Waals surface area contributed by atoms with Crippen LogP contribution in [0.3, 0.4) is 0 Å². The predicted molar refractivity (Wildman–Crippen MR) is 213 cm³/mol. The number of carbonyl (C=O) groups is 3. The van der Waals surface area contributed by atoms with E-state index in [-0.39, 0.29) is 51.2 Å². The van der Waals surface area contributed by atoms with Crippen LogP contribution in [-0.2, 0) is 20.0 Å². The highest BCUT2D eigenvalue weighted by molar-refractivity contribution is 7.91. The number of benzene rings is 1. The van der Waals surface area contributed by atoms with Gasteiger partial charge in [-0.3, -0.25) is 19.4 Å². The van der Waals surface area contributed by atoms with E-state index in [4.69, 9.17) is 31.4 Å². The zero-order valence-corrected chi connectivity index (χ0v) is 32.5. The fourth-order valence-corrected chi connectivity index (χ4v) is 6.69. The smallest absolute Gasteiger partial charge is 0.290 e. The van der Waals surface area contributed by atoms with Gasteiger partial charge >= 0.3 is 0 Å². The van der Waals surface area contributed by atoms with Gasteiger partial charge in [-0.2, -0.15) is 0 Å². The first-order chi connectivity index (χ1) is 26.3. The molecule has 1 saturated carbocycles. The van der Waals surface area contributed by atoms with Gasteiger partial charge in [0.25, 0.3) is 11.8 Å². The van der Waals surface area contributed by atoms with Gasteiger partial charge in [-0.05, 0) is 38.0 Å². The molecule has 282 valence electrons. The summed E-state index contributed by atoms with van der Waals surface area (Å²) in [4.78, 5) is 55.3. The number of sulfone groups is 1. The summed E-state index contributed by atoms with van der Waals surface area (Å²) in [6.45, 7) is 7.37. The number of carbonyl (C=O) groups excluding carboxylic acids is 3. The van der Waals surface area contributed by atoms with Gasteiger partial charge in [0.2, 0.25) is 11.7 Å². The van der Waals surface area contributed by atoms with Gasteiger partial charge in [0.15, 0.2) is 21.3 Å². The third-order valence-electron chi connectivity index (χ3n) is 9.20. The SMILES string of the molecule is CC.[B]C([B])(O)NC(=O)c1nnc(NC(=O)C2CC2)cc1Nc1cccc2c1N(C)C(C)c1nc(C(=O)N(C)C([B])([B])c3cc(S(=O)(=O)CC)ccn3)ncc1-2. The van der Waals surface area contributed by atoms with Crippen molar-refractivity contribution < 1.29 is 27.9 Å². The molecule has 56 heavy (non-hydrogen) atoms. The minimum absolute atomic E-state index is 0.0377. The van der Waals surface area contributed by atoms with Crippen molar-refractivity contribution in [2.45, 2.75) is 62.3 Å². The first-order valence-corrected chi connectivity index (χ1v) is 19.3. The molecule has 1 unspecified atom stereocenters. The predicted octanol–water partition coefficient (Wildman–Crippen LogP) is 1.64. The van der Waals surface area contributed by atoms with Crippen molar-refractivity contribution in [2.75, 3.05) is 35.4 Å². The monoisotopic (exact) mass is 770 g/mol. The molecule has 1 atom stereocenters. The average Bonchev–Trinajstić information content (AvgIpc) is 4.03. The third kappa shape index (κ3) is 8.58. The number of aliphatic hydroxyl groups is 1. The van der Waals surface area contributed by atoms with E-state index < -0.39 is 38.6 Å². The van der Waals surface area contributed by atoms with Crippen molar-refractivity contribution in [1.82, 2.24) is 35.4 Å². The number of para-hydroxylation sites is 1. The molecule has 0 bridgehead atoms. The number of pyridine rings is 1. The van der Waals surface area contributed by atoms with Gasteiger partial charge in [-0.15, -0.1) is 10.2 Å². The summed E-state index contributed by atoms with van der Waals surface area (Å²) in [5.41, 5.74) is 0.155. The second-order valence-electron chi connectivity index (χ2n) is 13.1. The summed E-state index contributed by atoms with van der Waals surface area (Å²) in [6.07, 6.45) is 4.27. The van der Waals surface area contributed by atoms with Crippen LogP contribution in [0.25, 0.3) is 11.1 Å². The highest BCUT2D eigenvalue weighted by Gasteiger charge is 2.36. The van der Waals surface area contributed by atoms with Crippen molar-refractivity contribution in [3.05, 3.63) is 71.7 Å². The van der Waals surface area contributed by atoms with Gasteiger partial charge in [-0.25, -0.2) is 18.4 Å². The number of hydrogen-bond acceptors (Lipinski definition) is 13. The molecule has 1 aliphatic carbocycles. The standard InChI is InChI=1S/C33H32B4N10O6S.C2H6/c1-5-54(52,53)18-11-12-38-23(13-18)32(34,35)47(4)31(50)28-39-15-20-19-7-6-8-21(27(19)46(3)16(2)25(20)42-28)40-22-14-24(41-29(48)17-9-10-17)44-45-26(22)30(49)43-33(36,37)51;1-2/h6-8,11-17,51H,5,9-10H2,1-4H3,(H,43,49)(H2,40,41,44,48);1-2H3. The van der Waals surface area contributed by atoms with E-state index in [9.17, 15) is 27.9 Å². The Labute approximate surface area is 330 Å². The summed E-state index contributed by atoms with van der Waals surface area (Å²) in [5.74, 6) is -2.33. The van der Waals surface area contributed by atoms with Crippen LogP contribution >= 0.6 is 0 Å². The van der Waals surface area contributed by atoms with Gasteiger partial charge in [-0.1, -0.05) is 32.9 Å². The van der Waals surface area contributed by atoms with Crippen LogP contribution in [0.1, 0.15) is 79.1 Å². The van der Waals surface area contributed by atoms with E-state index in [1.165, 1.54) is 44.6 Å². The molecule has 3 amide bonds. The number of nitrogens with one attached hydrogen (secondary N) is 3. The van der Waals surface area contributed by atoms with Crippen molar-refractivity contribution in [2.24, 2.45) is 5.92 Å². The van der Waals surface area contributed by atoms with Crippen LogP contribution in [0.4, 0.5) is 22.9 Å². The molecule has 3 aromatic heterocycles. The Morgan fingerprint density at radius 1 is 1.02 bits per heavy atom. The van der Waals surface area contributed by atoms with Crippen molar-refractivity contribution in [3.63, 3.8) is 0 Å². The quantitative estimate of drug-likeness (QED) is 0.126. The topological polar surface area (TPSA) is 213 Å². The van der Waals surface area contributed by atoms with E-state index in [0.29, 0.717) is 28.2 Å². The molecule has 4 aromatic rings. The minimum Gasteiger partial charge on any atom is -0.390 e. The Bertz CT molecular complexity index is 2290. The first kappa shape index (κ1) is 41.9. The second kappa shape index (κ2) is 16.1. The largest absolute Gasteiger partial charge is 0.390 e. The number of anilines is 4. The summed E-state index contributed by atoms with van der Waals surface area (Å²) >= 11 is 0. The van der Waals surface area contributed by atoms with Gasteiger partial charge in [0, 0.05) is 66.2 Å². The van der Waals surface area contributed by atoms with E-state index >= 15 is 0 Å². The molecule has 0 spiro atoms. The van der Waals surface area contributed by atoms with Crippen molar-refractivity contribution >= 4 is 81.8 Å². The lowest BCUT2D eigenvalue weighted by atomic mass is 9.58. The molecule has 8 radical (unpaired) electrons. The number of aromatic nitrogens is 5. The van der Waals surface area contributed by atoms with E-state index in [0.717, 1.165) is 17.7 Å². The molecule has 6 rings (SSSR count). The van der Waals surface area contributed by atoms with Crippen molar-refractivity contribution in [3.8, 4) is 11.1 Å². The van der Waals surface area contributed by atoms with Gasteiger partial charge in [0.05, 0.1) is 55.1 Å². The normalized spacial score (nSPS) is 15.0. The number of amides is 3. The molecule has 1 fully saturated rings. The lowest BCUT2D eigenvalue weighted by Crippen LogP contribution is -2.49. The maximum atomic E-state index is 13.8. The summed E-state index contributed by atoms with van der Waals surface area (Å²) in [5, 5.41) is 23.7. The molecule has 4 N–H and O–H groups in total. The zero-order valence-electron chi connectivity index (χ0n) is 31.7. The van der Waals surface area contributed by atoms with Crippen molar-refractivity contribution in [1.29, 1.82) is 0 Å². The summed E-state index contributed by atoms with van der Waals surface area (Å²) < 4.78 is 25.0. The van der Waals surface area contributed by atoms with Crippen LogP contribution in [0.5, 0.6) is 0 Å². The summed E-state index contributed by atoms with van der Waals surface area (Å²) in [6, 6.07) is 8.87. The first-order valence-electron chi connectivity index (χ1n) is 17.7. The lowest BCUT2D eigenvalue weighted by Gasteiger charge is -2.38. The van der Waals surface area contributed by atoms with Gasteiger partial charge in [0.1, 0.15) is 15.7 Å². The Morgan fingerprint density at radius 2 is 1.71 bits per heavy atom. The van der Waals surface area contributed by atoms with E-state index in [2.05, 4.69) is 35.8 Å². The van der Waals surface area contributed by atoms with Crippen LogP contribution in [0, 0.1) is 5.92 Å². The zero-order chi connectivity index (χ0) is 41.3. The Balaban J connectivity index is 0.00000295. The highest BCUT2D eigenvalue weighted by atomic mass is 32.2. The number of nitrogens with zero attached hydrogens (tertiary/aromatic N) is 7. The maximum Gasteiger partial charge on any atom is 0.290 e. The molecule has 21 heteroatoms. The van der Waals surface area contributed by atoms with E-state index in [1.54, 1.807) is 12.1 Å². The molecule has 4 heterocycles. The fourth-order valence-electron chi connectivity index (χ4n) is 5.80. The molecule has 16 nitrogen and oxygen atoms in total. The number of hydrogen-bond donors (Lipinski definition) is 4. The van der Waals surface area contributed by atoms with Crippen LogP contribution < -0.4 is 20.9 Å². The minimum atomic E-state index is -3.61. The Kier molecular flexibility index (Phi) is 12.0. The average molecular weight is 770 g/mol. The highest BCUT2D eigenvalue weighted by Crippen LogP contribution is 2.47. The number of rotatable bonds is 11. The molecular formula is C35H38B4N10O6S. The molecule has 2 aliphatic rings. The summed E-state index contributed by atoms with van der Waals surface area (Å²) in [7, 11) is 23.1. The fraction of sp³-hybridized carbons (Fsp3) is 0.371. The van der Waals surface area contributed by atoms with Gasteiger partial charge < -0.3 is 30.9 Å². The van der Waals surface area contributed by atoms with Crippen LogP contribution in [0.2, 0.25) is 0 Å². The van der Waals surface area contributed by atoms with Crippen LogP contribution in [-0.4, -0.2) is 118 Å². The Hall–Kier alpha value is -5.29. The van der Waals surface area contributed by atoms with Crippen LogP contribution in [0.15, 0.2) is 53.7 Å². The molecular weight excluding hydrogens is 732 g/mol. The lowest BCUT2D eigenvalue weighted by molar-refractivity contribution is -0.117. The maximum absolute atomic E-state index is 13.8. The molecule has 1 aliphatic heterocycles. The molecule has 0 saturated heterocycles. The second-order valence-corrected chi connectivity index (χ2v) is 15.4. The Morgan fingerprint density at radius 3 is 2.36 bits per heavy atom.